The molecule has 0 spiro atoms. The molecule has 0 radical (unpaired) electrons. The van der Waals surface area contributed by atoms with Crippen molar-refractivity contribution in [3.63, 3.8) is 0 Å². The maximum Gasteiger partial charge on any atom is 0.0711 e. The van der Waals surface area contributed by atoms with E-state index in [1.807, 2.05) is 26.0 Å². The Morgan fingerprint density at radius 1 is 1.67 bits per heavy atom. The summed E-state index contributed by atoms with van der Waals surface area (Å²) in [7, 11) is 0. The van der Waals surface area contributed by atoms with Gasteiger partial charge in [-0.25, -0.2) is 0 Å². The first-order chi connectivity index (χ1) is 5.77. The fourth-order valence-corrected chi connectivity index (χ4v) is 1.19. The summed E-state index contributed by atoms with van der Waals surface area (Å²) in [6.07, 6.45) is 2.62. The van der Waals surface area contributed by atoms with Gasteiger partial charge in [0.2, 0.25) is 0 Å². The van der Waals surface area contributed by atoms with Crippen LogP contribution in [0.3, 0.4) is 0 Å². The molecule has 1 aromatic heterocycles. The number of hydrogen-bond acceptors (Lipinski definition) is 2. The molecule has 0 fully saturated rings. The summed E-state index contributed by atoms with van der Waals surface area (Å²) in [6.45, 7) is 3.96. The number of nitrogens with zero attached hydrogens (tertiary/aromatic N) is 2. The van der Waals surface area contributed by atoms with Crippen LogP contribution in [0, 0.1) is 18.3 Å². The van der Waals surface area contributed by atoms with Crippen molar-refractivity contribution < 1.29 is 0 Å². The average Bonchev–Trinajstić information content (AvgIpc) is 2.07. The Hall–Kier alpha value is -1.36. The van der Waals surface area contributed by atoms with Crippen molar-refractivity contribution in [3.05, 3.63) is 29.6 Å². The van der Waals surface area contributed by atoms with Crippen LogP contribution in [0.25, 0.3) is 0 Å². The van der Waals surface area contributed by atoms with E-state index in [2.05, 4.69) is 11.1 Å². The van der Waals surface area contributed by atoms with Gasteiger partial charge in [0.05, 0.1) is 12.0 Å². The van der Waals surface area contributed by atoms with Gasteiger partial charge in [-0.15, -0.1) is 0 Å². The van der Waals surface area contributed by atoms with Crippen molar-refractivity contribution in [2.24, 2.45) is 0 Å². The standard InChI is InChI=1S/C10H12N2/c1-3-9(7-11)10-4-5-12-8(2)6-10/h4-6,9H,3H2,1-2H3. The number of nitriles is 1. The fraction of sp³-hybridized carbons (Fsp3) is 0.400. The van der Waals surface area contributed by atoms with Gasteiger partial charge in [0.25, 0.3) is 0 Å². The highest BCUT2D eigenvalue weighted by Gasteiger charge is 2.06. The molecule has 0 aliphatic heterocycles. The first-order valence-corrected chi connectivity index (χ1v) is 4.10. The predicted molar refractivity (Wildman–Crippen MR) is 47.6 cm³/mol. The molecule has 1 rings (SSSR count). The van der Waals surface area contributed by atoms with Crippen LogP contribution >= 0.6 is 0 Å². The quantitative estimate of drug-likeness (QED) is 0.666. The van der Waals surface area contributed by atoms with E-state index in [-0.39, 0.29) is 5.92 Å². The highest BCUT2D eigenvalue weighted by atomic mass is 14.6. The lowest BCUT2D eigenvalue weighted by molar-refractivity contribution is 0.814. The molecule has 1 atom stereocenters. The van der Waals surface area contributed by atoms with Gasteiger partial charge in [-0.05, 0) is 31.0 Å². The lowest BCUT2D eigenvalue weighted by Gasteiger charge is -2.05. The Bertz CT molecular complexity index is 299. The van der Waals surface area contributed by atoms with Crippen molar-refractivity contribution in [2.75, 3.05) is 0 Å². The average molecular weight is 160 g/mol. The van der Waals surface area contributed by atoms with Crippen LogP contribution in [0.4, 0.5) is 0 Å². The molecule has 0 amide bonds. The van der Waals surface area contributed by atoms with Gasteiger partial charge in [0.15, 0.2) is 0 Å². The molecule has 1 aromatic rings. The molecule has 12 heavy (non-hydrogen) atoms. The Balaban J connectivity index is 2.95. The van der Waals surface area contributed by atoms with E-state index in [9.17, 15) is 0 Å². The van der Waals surface area contributed by atoms with Crippen LogP contribution < -0.4 is 0 Å². The van der Waals surface area contributed by atoms with Crippen LogP contribution in [0.5, 0.6) is 0 Å². The van der Waals surface area contributed by atoms with Crippen LogP contribution in [-0.2, 0) is 0 Å². The second kappa shape index (κ2) is 3.87. The molecule has 1 heterocycles. The Morgan fingerprint density at radius 3 is 2.92 bits per heavy atom. The second-order valence-electron chi connectivity index (χ2n) is 2.82. The molecule has 2 nitrogen and oxygen atoms in total. The van der Waals surface area contributed by atoms with Crippen molar-refractivity contribution in [2.45, 2.75) is 26.2 Å². The van der Waals surface area contributed by atoms with E-state index >= 15 is 0 Å². The van der Waals surface area contributed by atoms with E-state index in [0.29, 0.717) is 0 Å². The van der Waals surface area contributed by atoms with E-state index in [0.717, 1.165) is 17.7 Å². The predicted octanol–water partition coefficient (Wildman–Crippen LogP) is 2.41. The zero-order valence-corrected chi connectivity index (χ0v) is 7.41. The second-order valence-corrected chi connectivity index (χ2v) is 2.82. The van der Waals surface area contributed by atoms with Gasteiger partial charge in [0.1, 0.15) is 0 Å². The number of aromatic nitrogens is 1. The third-order valence-corrected chi connectivity index (χ3v) is 1.89. The molecule has 0 aliphatic rings. The highest BCUT2D eigenvalue weighted by molar-refractivity contribution is 5.24. The third-order valence-electron chi connectivity index (χ3n) is 1.89. The van der Waals surface area contributed by atoms with Crippen LogP contribution in [-0.4, -0.2) is 4.98 Å². The minimum Gasteiger partial charge on any atom is -0.262 e. The Kier molecular flexibility index (Phi) is 2.82. The number of rotatable bonds is 2. The van der Waals surface area contributed by atoms with Gasteiger partial charge in [-0.1, -0.05) is 6.92 Å². The monoisotopic (exact) mass is 160 g/mol. The van der Waals surface area contributed by atoms with Crippen LogP contribution in [0.1, 0.15) is 30.5 Å². The minimum atomic E-state index is 0.0201. The number of pyridine rings is 1. The summed E-state index contributed by atoms with van der Waals surface area (Å²) < 4.78 is 0. The lowest BCUT2D eigenvalue weighted by Crippen LogP contribution is -1.94. The Labute approximate surface area is 72.9 Å². The largest absolute Gasteiger partial charge is 0.262 e. The van der Waals surface area contributed by atoms with Gasteiger partial charge in [-0.2, -0.15) is 5.26 Å². The molecular weight excluding hydrogens is 148 g/mol. The maximum absolute atomic E-state index is 8.80. The highest BCUT2D eigenvalue weighted by Crippen LogP contribution is 2.17. The molecule has 0 aliphatic carbocycles. The molecule has 62 valence electrons. The SMILES string of the molecule is CCC(C#N)c1ccnc(C)c1. The van der Waals surface area contributed by atoms with E-state index in [4.69, 9.17) is 5.26 Å². The van der Waals surface area contributed by atoms with Crippen LogP contribution in [0.2, 0.25) is 0 Å². The summed E-state index contributed by atoms with van der Waals surface area (Å²) in [4.78, 5) is 4.08. The zero-order valence-electron chi connectivity index (χ0n) is 7.41. The van der Waals surface area contributed by atoms with Gasteiger partial charge < -0.3 is 0 Å². The van der Waals surface area contributed by atoms with Crippen molar-refractivity contribution in [1.29, 1.82) is 5.26 Å². The molecule has 0 aromatic carbocycles. The minimum absolute atomic E-state index is 0.0201. The molecule has 0 saturated carbocycles. The van der Waals surface area contributed by atoms with Gasteiger partial charge >= 0.3 is 0 Å². The molecule has 2 heteroatoms. The third kappa shape index (κ3) is 1.82. The summed E-state index contributed by atoms with van der Waals surface area (Å²) >= 11 is 0. The normalized spacial score (nSPS) is 12.1. The van der Waals surface area contributed by atoms with Crippen LogP contribution in [0.15, 0.2) is 18.3 Å². The summed E-state index contributed by atoms with van der Waals surface area (Å²) in [5.41, 5.74) is 2.05. The molecule has 0 saturated heterocycles. The first kappa shape index (κ1) is 8.73. The van der Waals surface area contributed by atoms with Crippen molar-refractivity contribution in [3.8, 4) is 6.07 Å². The smallest absolute Gasteiger partial charge is 0.0711 e. The van der Waals surface area contributed by atoms with Gasteiger partial charge in [-0.3, -0.25) is 4.98 Å². The number of hydrogen-bond donors (Lipinski definition) is 0. The van der Waals surface area contributed by atoms with Crippen molar-refractivity contribution >= 4 is 0 Å². The molecule has 0 bridgehead atoms. The molecule has 1 unspecified atom stereocenters. The van der Waals surface area contributed by atoms with Gasteiger partial charge in [0, 0.05) is 11.9 Å². The zero-order chi connectivity index (χ0) is 8.97. The Morgan fingerprint density at radius 2 is 2.42 bits per heavy atom. The lowest BCUT2D eigenvalue weighted by atomic mass is 9.99. The van der Waals surface area contributed by atoms with E-state index < -0.39 is 0 Å². The summed E-state index contributed by atoms with van der Waals surface area (Å²) in [5, 5.41) is 8.80. The van der Waals surface area contributed by atoms with Crippen molar-refractivity contribution in [1.82, 2.24) is 4.98 Å². The fourth-order valence-electron chi connectivity index (χ4n) is 1.19. The maximum atomic E-state index is 8.80. The molecular formula is C10H12N2. The topological polar surface area (TPSA) is 36.7 Å². The summed E-state index contributed by atoms with van der Waals surface area (Å²) in [6, 6.07) is 6.14. The molecule has 0 N–H and O–H groups in total. The first-order valence-electron chi connectivity index (χ1n) is 4.10. The van der Waals surface area contributed by atoms with E-state index in [1.54, 1.807) is 6.20 Å². The van der Waals surface area contributed by atoms with E-state index in [1.165, 1.54) is 0 Å². The number of aryl methyl sites for hydroxylation is 1. The summed E-state index contributed by atoms with van der Waals surface area (Å²) in [5.74, 6) is 0.0201.